The molecule has 0 unspecified atom stereocenters. The molecule has 0 fully saturated rings. The van der Waals surface area contributed by atoms with E-state index in [9.17, 15) is 0 Å². The van der Waals surface area contributed by atoms with Crippen LogP contribution >= 0.6 is 0 Å². The highest BCUT2D eigenvalue weighted by atomic mass is 14.9. The first kappa shape index (κ1) is 28.8. The average Bonchev–Trinajstić information content (AvgIpc) is 3.35. The zero-order valence-electron chi connectivity index (χ0n) is 27.3. The first-order valence-corrected chi connectivity index (χ1v) is 16.3. The van der Waals surface area contributed by atoms with Crippen molar-refractivity contribution in [2.24, 2.45) is 0 Å². The first-order valence-electron chi connectivity index (χ1n) is 16.3. The van der Waals surface area contributed by atoms with Crippen molar-refractivity contribution in [1.29, 1.82) is 0 Å². The van der Waals surface area contributed by atoms with Crippen LogP contribution in [0.25, 0.3) is 67.3 Å². The molecule has 226 valence electrons. The standard InChI is InChI=1S/C45H36N2/c1-29-15-13-22-37(44-46-40(31-16-7-5-8-17-31)28-41(47-44)32-18-9-6-10-19-32)42(29)34-26-25-33(27-30(34)2)35-21-14-24-39-43(35)36-20-11-12-23-38(36)45(39,3)4/h5-28H,1-4H3. The molecule has 0 bridgehead atoms. The molecule has 1 aromatic heterocycles. The maximum Gasteiger partial charge on any atom is 0.161 e. The molecule has 1 aliphatic rings. The van der Waals surface area contributed by atoms with E-state index >= 15 is 0 Å². The lowest BCUT2D eigenvalue weighted by atomic mass is 9.82. The summed E-state index contributed by atoms with van der Waals surface area (Å²) in [6.45, 7) is 9.10. The van der Waals surface area contributed by atoms with E-state index in [0.717, 1.165) is 33.9 Å². The summed E-state index contributed by atoms with van der Waals surface area (Å²) in [7, 11) is 0. The summed E-state index contributed by atoms with van der Waals surface area (Å²) in [4.78, 5) is 10.4. The Hall–Kier alpha value is -5.60. The van der Waals surface area contributed by atoms with Crippen LogP contribution in [-0.2, 0) is 5.41 Å². The molecule has 0 radical (unpaired) electrons. The Morgan fingerprint density at radius 1 is 0.404 bits per heavy atom. The average molecular weight is 605 g/mol. The van der Waals surface area contributed by atoms with Crippen molar-refractivity contribution in [3.8, 4) is 67.3 Å². The van der Waals surface area contributed by atoms with Crippen molar-refractivity contribution in [3.05, 3.63) is 168 Å². The molecule has 0 saturated heterocycles. The van der Waals surface area contributed by atoms with Crippen LogP contribution < -0.4 is 0 Å². The van der Waals surface area contributed by atoms with Gasteiger partial charge < -0.3 is 0 Å². The lowest BCUT2D eigenvalue weighted by Crippen LogP contribution is -2.14. The zero-order valence-corrected chi connectivity index (χ0v) is 27.3. The van der Waals surface area contributed by atoms with E-state index < -0.39 is 0 Å². The van der Waals surface area contributed by atoms with Gasteiger partial charge in [0.1, 0.15) is 0 Å². The van der Waals surface area contributed by atoms with Gasteiger partial charge in [0.25, 0.3) is 0 Å². The Labute approximate surface area is 277 Å². The van der Waals surface area contributed by atoms with Gasteiger partial charge in [-0.05, 0) is 75.5 Å². The number of aromatic nitrogens is 2. The molecule has 0 atom stereocenters. The van der Waals surface area contributed by atoms with E-state index in [0.29, 0.717) is 0 Å². The largest absolute Gasteiger partial charge is 0.228 e. The summed E-state index contributed by atoms with van der Waals surface area (Å²) < 4.78 is 0. The topological polar surface area (TPSA) is 25.8 Å². The number of hydrogen-bond acceptors (Lipinski definition) is 2. The smallest absolute Gasteiger partial charge is 0.161 e. The molecule has 7 aromatic rings. The van der Waals surface area contributed by atoms with E-state index in [-0.39, 0.29) is 5.41 Å². The lowest BCUT2D eigenvalue weighted by Gasteiger charge is -2.21. The van der Waals surface area contributed by atoms with E-state index in [1.807, 2.05) is 12.1 Å². The van der Waals surface area contributed by atoms with Crippen molar-refractivity contribution in [3.63, 3.8) is 0 Å². The van der Waals surface area contributed by atoms with Crippen LogP contribution in [0.15, 0.2) is 146 Å². The molecule has 0 saturated carbocycles. The van der Waals surface area contributed by atoms with Gasteiger partial charge in [0, 0.05) is 22.1 Å². The number of nitrogens with zero attached hydrogens (tertiary/aromatic N) is 2. The maximum absolute atomic E-state index is 5.18. The molecular weight excluding hydrogens is 569 g/mol. The molecule has 0 amide bonds. The second-order valence-electron chi connectivity index (χ2n) is 13.1. The Morgan fingerprint density at radius 3 is 1.66 bits per heavy atom. The van der Waals surface area contributed by atoms with E-state index in [4.69, 9.17) is 9.97 Å². The number of fused-ring (bicyclic) bond motifs is 3. The molecule has 1 aliphatic carbocycles. The van der Waals surface area contributed by atoms with Gasteiger partial charge in [0.05, 0.1) is 11.4 Å². The van der Waals surface area contributed by atoms with Gasteiger partial charge in [-0.25, -0.2) is 9.97 Å². The quantitative estimate of drug-likeness (QED) is 0.195. The van der Waals surface area contributed by atoms with Crippen molar-refractivity contribution in [2.45, 2.75) is 33.1 Å². The normalized spacial score (nSPS) is 12.9. The number of aryl methyl sites for hydroxylation is 2. The van der Waals surface area contributed by atoms with Gasteiger partial charge in [-0.15, -0.1) is 0 Å². The SMILES string of the molecule is Cc1cc(-c2cccc3c2-c2ccccc2C3(C)C)ccc1-c1c(C)cccc1-c1nc(-c2ccccc2)cc(-c2ccccc2)n1. The monoisotopic (exact) mass is 604 g/mol. The molecule has 8 rings (SSSR count). The van der Waals surface area contributed by atoms with Crippen LogP contribution in [-0.4, -0.2) is 9.97 Å². The highest BCUT2D eigenvalue weighted by Crippen LogP contribution is 2.52. The van der Waals surface area contributed by atoms with Gasteiger partial charge in [0.15, 0.2) is 5.82 Å². The third kappa shape index (κ3) is 4.89. The third-order valence-corrected chi connectivity index (χ3v) is 9.79. The highest BCUT2D eigenvalue weighted by Gasteiger charge is 2.36. The van der Waals surface area contributed by atoms with E-state index in [2.05, 4.69) is 161 Å². The Balaban J connectivity index is 1.28. The number of rotatable bonds is 5. The van der Waals surface area contributed by atoms with Crippen LogP contribution in [0.3, 0.4) is 0 Å². The molecule has 6 aromatic carbocycles. The fourth-order valence-electron chi connectivity index (χ4n) is 7.40. The molecule has 2 nitrogen and oxygen atoms in total. The zero-order chi connectivity index (χ0) is 32.1. The second kappa shape index (κ2) is 11.3. The molecular formula is C45H36N2. The fraction of sp³-hybridized carbons (Fsp3) is 0.111. The molecule has 47 heavy (non-hydrogen) atoms. The van der Waals surface area contributed by atoms with Gasteiger partial charge >= 0.3 is 0 Å². The first-order chi connectivity index (χ1) is 22.9. The maximum atomic E-state index is 5.18. The summed E-state index contributed by atoms with van der Waals surface area (Å²) in [5.74, 6) is 0.729. The predicted octanol–water partition coefficient (Wildman–Crippen LogP) is 11.7. The molecule has 1 heterocycles. The molecule has 2 heteroatoms. The van der Waals surface area contributed by atoms with Gasteiger partial charge in [0.2, 0.25) is 0 Å². The second-order valence-corrected chi connectivity index (χ2v) is 13.1. The Morgan fingerprint density at radius 2 is 0.979 bits per heavy atom. The number of benzene rings is 6. The molecule has 0 aliphatic heterocycles. The van der Waals surface area contributed by atoms with Crippen LogP contribution in [0.4, 0.5) is 0 Å². The lowest BCUT2D eigenvalue weighted by molar-refractivity contribution is 0.660. The van der Waals surface area contributed by atoms with Gasteiger partial charge in [-0.3, -0.25) is 0 Å². The number of hydrogen-bond donors (Lipinski definition) is 0. The van der Waals surface area contributed by atoms with Crippen molar-refractivity contribution >= 4 is 0 Å². The predicted molar refractivity (Wildman–Crippen MR) is 196 cm³/mol. The summed E-state index contributed by atoms with van der Waals surface area (Å²) in [6.07, 6.45) is 0. The van der Waals surface area contributed by atoms with Crippen LogP contribution in [0, 0.1) is 13.8 Å². The van der Waals surface area contributed by atoms with Crippen LogP contribution in [0.5, 0.6) is 0 Å². The summed E-state index contributed by atoms with van der Waals surface area (Å²) in [5, 5.41) is 0. The minimum absolute atomic E-state index is 0.0279. The summed E-state index contributed by atoms with van der Waals surface area (Å²) >= 11 is 0. The molecule has 0 spiro atoms. The van der Waals surface area contributed by atoms with E-state index in [1.54, 1.807) is 0 Å². The summed E-state index contributed by atoms with van der Waals surface area (Å²) in [6, 6.07) is 51.9. The minimum atomic E-state index is -0.0279. The third-order valence-electron chi connectivity index (χ3n) is 9.79. The Bertz CT molecular complexity index is 2220. The Kier molecular flexibility index (Phi) is 6.95. The van der Waals surface area contributed by atoms with Gasteiger partial charge in [-0.1, -0.05) is 153 Å². The van der Waals surface area contributed by atoms with Crippen molar-refractivity contribution in [1.82, 2.24) is 9.97 Å². The van der Waals surface area contributed by atoms with Crippen molar-refractivity contribution in [2.75, 3.05) is 0 Å². The van der Waals surface area contributed by atoms with Crippen LogP contribution in [0.2, 0.25) is 0 Å². The van der Waals surface area contributed by atoms with Crippen LogP contribution in [0.1, 0.15) is 36.1 Å². The highest BCUT2D eigenvalue weighted by molar-refractivity contribution is 5.94. The fourth-order valence-corrected chi connectivity index (χ4v) is 7.40. The molecule has 0 N–H and O–H groups in total. The van der Waals surface area contributed by atoms with E-state index in [1.165, 1.54) is 55.6 Å². The summed E-state index contributed by atoms with van der Waals surface area (Å²) in [5.41, 5.74) is 17.8. The van der Waals surface area contributed by atoms with Gasteiger partial charge in [-0.2, -0.15) is 0 Å². The van der Waals surface area contributed by atoms with Crippen molar-refractivity contribution < 1.29 is 0 Å². The minimum Gasteiger partial charge on any atom is -0.228 e.